The van der Waals surface area contributed by atoms with Crippen LogP contribution in [0.3, 0.4) is 0 Å². The molecule has 0 amide bonds. The minimum atomic E-state index is -1.27. The van der Waals surface area contributed by atoms with E-state index in [1.165, 1.54) is 0 Å². The van der Waals surface area contributed by atoms with Gasteiger partial charge in [0.25, 0.3) is 0 Å². The van der Waals surface area contributed by atoms with E-state index in [0.29, 0.717) is 5.78 Å². The normalized spacial score (nSPS) is 11.4. The molecule has 1 atom stereocenters. The van der Waals surface area contributed by atoms with Gasteiger partial charge in [-0.05, 0) is 0 Å². The molecule has 0 aliphatic carbocycles. The van der Waals surface area contributed by atoms with Gasteiger partial charge < -0.3 is 0 Å². The van der Waals surface area contributed by atoms with Crippen LogP contribution in [0.4, 0.5) is 0 Å². The van der Waals surface area contributed by atoms with Crippen LogP contribution in [0.5, 0.6) is 0 Å². The summed E-state index contributed by atoms with van der Waals surface area (Å²) in [6.07, 6.45) is 0. The zero-order chi connectivity index (χ0) is 7.28. The van der Waals surface area contributed by atoms with Gasteiger partial charge in [0.2, 0.25) is 0 Å². The van der Waals surface area contributed by atoms with E-state index in [9.17, 15) is 4.79 Å². The molecule has 0 aromatic rings. The van der Waals surface area contributed by atoms with Crippen molar-refractivity contribution in [2.24, 2.45) is 0 Å². The van der Waals surface area contributed by atoms with Crippen molar-refractivity contribution in [2.45, 2.75) is 14.3 Å². The summed E-state index contributed by atoms with van der Waals surface area (Å²) in [4.78, 5) is 10.9. The SMILES string of the molecule is C[CH]([Hg][Cl])C(=O)[CH2][Hg][Cl]. The Balaban J connectivity index is 3.46. The van der Waals surface area contributed by atoms with Crippen LogP contribution >= 0.6 is 16.5 Å². The van der Waals surface area contributed by atoms with E-state index in [1.807, 2.05) is 6.92 Å². The van der Waals surface area contributed by atoms with Crippen molar-refractivity contribution in [1.82, 2.24) is 0 Å². The number of ketones is 1. The quantitative estimate of drug-likeness (QED) is 0.499. The molecule has 9 heavy (non-hydrogen) atoms. The molecule has 0 bridgehead atoms. The molecule has 0 aliphatic rings. The second-order valence-electron chi connectivity index (χ2n) is 1.96. The molecule has 1 unspecified atom stereocenters. The zero-order valence-corrected chi connectivity index (χ0v) is 17.9. The average Bonchev–Trinajstić information content (AvgIpc) is 1.87. The van der Waals surface area contributed by atoms with Gasteiger partial charge >= 0.3 is 88.0 Å². The average molecular weight is 542 g/mol. The molecule has 0 saturated carbocycles. The Hall–Kier alpha value is 2.12. The van der Waals surface area contributed by atoms with Gasteiger partial charge in [0, 0.05) is 0 Å². The molecular weight excluding hydrogens is 536 g/mol. The molecule has 0 aromatic carbocycles. The first kappa shape index (κ1) is 11.1. The molecule has 46 valence electrons. The van der Waals surface area contributed by atoms with Crippen LogP contribution in [-0.4, -0.2) is 5.78 Å². The maximum absolute atomic E-state index is 10.9. The van der Waals surface area contributed by atoms with Crippen LogP contribution < -0.4 is 0 Å². The summed E-state index contributed by atoms with van der Waals surface area (Å²) in [5, 5.41) is 0. The van der Waals surface area contributed by atoms with Gasteiger partial charge in [-0.15, -0.1) is 0 Å². The molecule has 0 saturated heterocycles. The topological polar surface area (TPSA) is 17.1 Å². The third-order valence-corrected chi connectivity index (χ3v) is 13.1. The fraction of sp³-hybridized carbons (Fsp3) is 0.750. The Morgan fingerprint density at radius 2 is 2.22 bits per heavy atom. The number of rotatable bonds is 4. The Morgan fingerprint density at radius 1 is 1.67 bits per heavy atom. The third-order valence-electron chi connectivity index (χ3n) is 1.12. The second kappa shape index (κ2) is 6.81. The molecule has 0 radical (unpaired) electrons. The molecule has 0 fully saturated rings. The van der Waals surface area contributed by atoms with Gasteiger partial charge in [-0.25, -0.2) is 0 Å². The van der Waals surface area contributed by atoms with Crippen molar-refractivity contribution >= 4 is 22.3 Å². The van der Waals surface area contributed by atoms with Gasteiger partial charge in [0.15, 0.2) is 0 Å². The first-order valence-electron chi connectivity index (χ1n) is 2.87. The van der Waals surface area contributed by atoms with Crippen LogP contribution in [0.25, 0.3) is 0 Å². The van der Waals surface area contributed by atoms with E-state index < -0.39 is 46.7 Å². The molecule has 1 nitrogen and oxygen atoms in total. The summed E-state index contributed by atoms with van der Waals surface area (Å²) < 4.78 is 0.959. The van der Waals surface area contributed by atoms with Crippen LogP contribution in [0, 0.1) is 0 Å². The number of hydrogen-bond acceptors (Lipinski definition) is 1. The Labute approximate surface area is 86.6 Å². The summed E-state index contributed by atoms with van der Waals surface area (Å²) in [7, 11) is 11.2. The first-order valence-corrected chi connectivity index (χ1v) is 23.5. The number of halogens is 2. The van der Waals surface area contributed by atoms with Crippen molar-refractivity contribution < 1.29 is 51.5 Å². The maximum atomic E-state index is 10.9. The Morgan fingerprint density at radius 3 is 2.56 bits per heavy atom. The Bertz CT molecular complexity index is 98.6. The van der Waals surface area contributed by atoms with Gasteiger partial charge in [-0.1, -0.05) is 0 Å². The van der Waals surface area contributed by atoms with E-state index in [4.69, 9.17) is 16.5 Å². The standard InChI is InChI=1S/C4H6O.2ClH.2Hg/c1-3-4(2)5;;;;/h3H,2H2,1H3;2*1H;;/q;;;2*+1/p-2. The number of Topliss-reactive ketones (excluding diaryl/α,β-unsaturated/α-hetero) is 1. The monoisotopic (exact) mass is 544 g/mol. The van der Waals surface area contributed by atoms with Gasteiger partial charge in [-0.2, -0.15) is 0 Å². The molecule has 0 aromatic heterocycles. The summed E-state index contributed by atoms with van der Waals surface area (Å²) in [5.41, 5.74) is 0. The van der Waals surface area contributed by atoms with E-state index in [0.717, 1.165) is 3.93 Å². The molecule has 0 N–H and O–H groups in total. The van der Waals surface area contributed by atoms with Gasteiger partial charge in [0.1, 0.15) is 0 Å². The minimum absolute atomic E-state index is 0.241. The fourth-order valence-electron chi connectivity index (χ4n) is 0.426. The van der Waals surface area contributed by atoms with E-state index in [1.54, 1.807) is 0 Å². The van der Waals surface area contributed by atoms with Gasteiger partial charge in [-0.3, -0.25) is 0 Å². The zero-order valence-electron chi connectivity index (χ0n) is 5.36. The second-order valence-corrected chi connectivity index (χ2v) is 17.4. The summed E-state index contributed by atoms with van der Waals surface area (Å²) in [6.45, 7) is 1.94. The number of carbonyl (C=O) groups is 1. The van der Waals surface area contributed by atoms with E-state index in [-0.39, 0.29) is 3.43 Å². The summed E-state index contributed by atoms with van der Waals surface area (Å²) in [5.74, 6) is 0.350. The Kier molecular flexibility index (Phi) is 8.41. The molecular formula is C4H6Cl2Hg2O. The third kappa shape index (κ3) is 5.40. The van der Waals surface area contributed by atoms with Crippen molar-refractivity contribution in [3.8, 4) is 0 Å². The first-order chi connectivity index (χ1) is 4.22. The molecule has 0 rings (SSSR count). The van der Waals surface area contributed by atoms with Crippen molar-refractivity contribution in [3.05, 3.63) is 0 Å². The fourth-order valence-corrected chi connectivity index (χ4v) is 13.8. The summed E-state index contributed by atoms with van der Waals surface area (Å²) >= 11 is -2.47. The van der Waals surface area contributed by atoms with Crippen LogP contribution in [0.1, 0.15) is 6.92 Å². The molecule has 0 spiro atoms. The van der Waals surface area contributed by atoms with Crippen LogP contribution in [0.2, 0.25) is 7.36 Å². The predicted octanol–water partition coefficient (Wildman–Crippen LogP) is 2.25. The van der Waals surface area contributed by atoms with Crippen molar-refractivity contribution in [3.63, 3.8) is 0 Å². The molecule has 0 heterocycles. The number of carbonyl (C=O) groups excluding carboxylic acids is 1. The molecule has 0 aliphatic heterocycles. The van der Waals surface area contributed by atoms with Crippen LogP contribution in [-0.2, 0) is 51.5 Å². The van der Waals surface area contributed by atoms with Crippen molar-refractivity contribution in [2.75, 3.05) is 0 Å². The van der Waals surface area contributed by atoms with Crippen LogP contribution in [0.15, 0.2) is 0 Å². The van der Waals surface area contributed by atoms with E-state index >= 15 is 0 Å². The molecule has 5 heteroatoms. The van der Waals surface area contributed by atoms with E-state index in [2.05, 4.69) is 0 Å². The summed E-state index contributed by atoms with van der Waals surface area (Å²) in [6, 6.07) is 0. The van der Waals surface area contributed by atoms with Gasteiger partial charge in [0.05, 0.1) is 0 Å². The number of hydrogen-bond donors (Lipinski definition) is 0. The van der Waals surface area contributed by atoms with Crippen molar-refractivity contribution in [1.29, 1.82) is 0 Å². The predicted molar refractivity (Wildman–Crippen MR) is 30.9 cm³/mol.